The molecule has 1 N–H and O–H groups in total. The van der Waals surface area contributed by atoms with Crippen LogP contribution in [0.25, 0.3) is 10.9 Å². The van der Waals surface area contributed by atoms with Crippen molar-refractivity contribution in [1.82, 2.24) is 9.88 Å². The van der Waals surface area contributed by atoms with Gasteiger partial charge in [0.15, 0.2) is 0 Å². The Hall–Kier alpha value is -2.53. The number of carbonyl (C=O) groups excluding carboxylic acids is 1. The minimum atomic E-state index is -0.256. The number of halogens is 2. The average Bonchev–Trinajstić information content (AvgIpc) is 3.20. The SMILES string of the molecule is O=CCCC(c1ccc(F)cc1)N1C2CCC1c1c([nH]c3ccc(F)cc13)C2. The summed E-state index contributed by atoms with van der Waals surface area (Å²) >= 11 is 0. The second-order valence-electron chi connectivity index (χ2n) is 7.92. The quantitative estimate of drug-likeness (QED) is 0.616. The lowest BCUT2D eigenvalue weighted by Crippen LogP contribution is -2.40. The number of hydrogen-bond acceptors (Lipinski definition) is 2. The van der Waals surface area contributed by atoms with Crippen LogP contribution in [0, 0.1) is 11.6 Å². The zero-order valence-electron chi connectivity index (χ0n) is 15.5. The van der Waals surface area contributed by atoms with Crippen molar-refractivity contribution in [3.05, 3.63) is 70.9 Å². The number of benzene rings is 2. The van der Waals surface area contributed by atoms with Gasteiger partial charge in [-0.15, -0.1) is 0 Å². The summed E-state index contributed by atoms with van der Waals surface area (Å²) in [5.41, 5.74) is 4.42. The molecule has 28 heavy (non-hydrogen) atoms. The highest BCUT2D eigenvalue weighted by Crippen LogP contribution is 2.51. The van der Waals surface area contributed by atoms with Gasteiger partial charge in [0.25, 0.3) is 0 Å². The van der Waals surface area contributed by atoms with Crippen molar-refractivity contribution in [1.29, 1.82) is 0 Å². The zero-order chi connectivity index (χ0) is 19.3. The van der Waals surface area contributed by atoms with E-state index < -0.39 is 0 Å². The van der Waals surface area contributed by atoms with Gasteiger partial charge < -0.3 is 9.78 Å². The number of aldehydes is 1. The number of nitrogens with one attached hydrogen (secondary N) is 1. The van der Waals surface area contributed by atoms with Crippen molar-refractivity contribution in [3.8, 4) is 0 Å². The second kappa shape index (κ2) is 6.82. The number of fused-ring (bicyclic) bond motifs is 6. The Labute approximate surface area is 162 Å². The third-order valence-corrected chi connectivity index (χ3v) is 6.38. The van der Waals surface area contributed by atoms with Crippen molar-refractivity contribution in [2.24, 2.45) is 0 Å². The molecule has 144 valence electrons. The Kier molecular flexibility index (Phi) is 4.27. The molecule has 2 aliphatic rings. The molecule has 1 fully saturated rings. The summed E-state index contributed by atoms with van der Waals surface area (Å²) in [6, 6.07) is 12.2. The van der Waals surface area contributed by atoms with Gasteiger partial charge in [-0.3, -0.25) is 4.90 Å². The van der Waals surface area contributed by atoms with Gasteiger partial charge in [-0.05, 0) is 60.7 Å². The normalized spacial score (nSPS) is 22.4. The molecule has 3 unspecified atom stereocenters. The van der Waals surface area contributed by atoms with Gasteiger partial charge in [0, 0.05) is 47.6 Å². The molecule has 1 aromatic heterocycles. The summed E-state index contributed by atoms with van der Waals surface area (Å²) in [7, 11) is 0. The van der Waals surface area contributed by atoms with E-state index in [1.807, 2.05) is 18.2 Å². The Bertz CT molecular complexity index is 1030. The van der Waals surface area contributed by atoms with Crippen molar-refractivity contribution in [3.63, 3.8) is 0 Å². The van der Waals surface area contributed by atoms with Crippen LogP contribution in [-0.2, 0) is 11.2 Å². The van der Waals surface area contributed by atoms with E-state index in [0.29, 0.717) is 18.9 Å². The summed E-state index contributed by atoms with van der Waals surface area (Å²) < 4.78 is 27.4. The first-order chi connectivity index (χ1) is 13.7. The fraction of sp³-hybridized carbons (Fsp3) is 0.348. The van der Waals surface area contributed by atoms with Crippen molar-refractivity contribution >= 4 is 17.2 Å². The number of aromatic amines is 1. The molecule has 0 saturated carbocycles. The Balaban J connectivity index is 1.59. The van der Waals surface area contributed by atoms with Crippen LogP contribution in [-0.4, -0.2) is 22.2 Å². The van der Waals surface area contributed by atoms with E-state index in [0.717, 1.165) is 42.0 Å². The molecule has 5 heteroatoms. The number of hydrogen-bond donors (Lipinski definition) is 1. The molecular weight excluding hydrogens is 358 g/mol. The summed E-state index contributed by atoms with van der Waals surface area (Å²) in [5, 5.41) is 0.957. The monoisotopic (exact) mass is 380 g/mol. The summed E-state index contributed by atoms with van der Waals surface area (Å²) in [4.78, 5) is 17.1. The topological polar surface area (TPSA) is 36.1 Å². The maximum atomic E-state index is 13.9. The third kappa shape index (κ3) is 2.76. The predicted molar refractivity (Wildman–Crippen MR) is 104 cm³/mol. The molecular formula is C23H22F2N2O. The maximum Gasteiger partial charge on any atom is 0.123 e. The van der Waals surface area contributed by atoms with E-state index in [4.69, 9.17) is 0 Å². The van der Waals surface area contributed by atoms with Crippen LogP contribution in [0.5, 0.6) is 0 Å². The third-order valence-electron chi connectivity index (χ3n) is 6.38. The number of rotatable bonds is 5. The lowest BCUT2D eigenvalue weighted by Gasteiger charge is -2.41. The highest BCUT2D eigenvalue weighted by Gasteiger charge is 2.45. The Morgan fingerprint density at radius 3 is 2.68 bits per heavy atom. The molecule has 3 heterocycles. The molecule has 0 aliphatic carbocycles. The maximum absolute atomic E-state index is 13.9. The van der Waals surface area contributed by atoms with Crippen LogP contribution < -0.4 is 0 Å². The molecule has 2 aliphatic heterocycles. The van der Waals surface area contributed by atoms with Gasteiger partial charge >= 0.3 is 0 Å². The number of H-pyrrole nitrogens is 1. The van der Waals surface area contributed by atoms with Crippen LogP contribution >= 0.6 is 0 Å². The number of nitrogens with zero attached hydrogens (tertiary/aromatic N) is 1. The predicted octanol–water partition coefficient (Wildman–Crippen LogP) is 5.23. The van der Waals surface area contributed by atoms with Crippen LogP contribution in [0.1, 0.15) is 54.6 Å². The average molecular weight is 380 g/mol. The fourth-order valence-electron chi connectivity index (χ4n) is 5.29. The first kappa shape index (κ1) is 17.6. The minimum Gasteiger partial charge on any atom is -0.358 e. The van der Waals surface area contributed by atoms with E-state index in [1.54, 1.807) is 6.07 Å². The first-order valence-electron chi connectivity index (χ1n) is 9.92. The molecule has 0 radical (unpaired) electrons. The highest BCUT2D eigenvalue weighted by atomic mass is 19.1. The standard InChI is InChI=1S/C23H22F2N2O/c24-15-5-3-14(4-6-15)21(2-1-11-28)27-17-8-10-22(27)23-18-12-16(25)7-9-19(18)26-20(23)13-17/h3-7,9,11-12,17,21-22,26H,1-2,8,10,13H2. The van der Waals surface area contributed by atoms with Gasteiger partial charge in [0.1, 0.15) is 17.9 Å². The first-order valence-corrected chi connectivity index (χ1v) is 9.92. The van der Waals surface area contributed by atoms with E-state index >= 15 is 0 Å². The van der Waals surface area contributed by atoms with Gasteiger partial charge in [0.05, 0.1) is 0 Å². The van der Waals surface area contributed by atoms with Crippen molar-refractivity contribution in [2.75, 3.05) is 0 Å². The smallest absolute Gasteiger partial charge is 0.123 e. The number of aromatic nitrogens is 1. The van der Waals surface area contributed by atoms with Gasteiger partial charge in [-0.1, -0.05) is 12.1 Å². The van der Waals surface area contributed by atoms with Crippen LogP contribution in [0.15, 0.2) is 42.5 Å². The van der Waals surface area contributed by atoms with Crippen LogP contribution in [0.3, 0.4) is 0 Å². The Morgan fingerprint density at radius 2 is 1.89 bits per heavy atom. The molecule has 5 rings (SSSR count). The van der Waals surface area contributed by atoms with Gasteiger partial charge in [-0.25, -0.2) is 8.78 Å². The molecule has 3 nitrogen and oxygen atoms in total. The number of carbonyl (C=O) groups is 1. The molecule has 2 bridgehead atoms. The summed E-state index contributed by atoms with van der Waals surface area (Å²) in [6.07, 6.45) is 5.10. The Morgan fingerprint density at radius 1 is 1.11 bits per heavy atom. The molecule has 3 atom stereocenters. The molecule has 0 amide bonds. The van der Waals surface area contributed by atoms with Gasteiger partial charge in [0.2, 0.25) is 0 Å². The lowest BCUT2D eigenvalue weighted by atomic mass is 9.91. The van der Waals surface area contributed by atoms with Crippen molar-refractivity contribution in [2.45, 2.75) is 50.2 Å². The lowest BCUT2D eigenvalue weighted by molar-refractivity contribution is -0.108. The fourth-order valence-corrected chi connectivity index (χ4v) is 5.29. The van der Waals surface area contributed by atoms with Gasteiger partial charge in [-0.2, -0.15) is 0 Å². The minimum absolute atomic E-state index is 0.0509. The largest absolute Gasteiger partial charge is 0.358 e. The summed E-state index contributed by atoms with van der Waals surface area (Å²) in [6.45, 7) is 0. The van der Waals surface area contributed by atoms with E-state index in [1.165, 1.54) is 29.5 Å². The van der Waals surface area contributed by atoms with Crippen molar-refractivity contribution < 1.29 is 13.6 Å². The highest BCUT2D eigenvalue weighted by molar-refractivity contribution is 5.85. The molecule has 1 saturated heterocycles. The van der Waals surface area contributed by atoms with E-state index in [2.05, 4.69) is 9.88 Å². The molecule has 3 aromatic rings. The molecule has 0 spiro atoms. The molecule has 2 aromatic carbocycles. The van der Waals surface area contributed by atoms with Crippen LogP contribution in [0.2, 0.25) is 0 Å². The summed E-state index contributed by atoms with van der Waals surface area (Å²) in [5.74, 6) is -0.481. The zero-order valence-corrected chi connectivity index (χ0v) is 15.5. The second-order valence-corrected chi connectivity index (χ2v) is 7.92. The van der Waals surface area contributed by atoms with Crippen LogP contribution in [0.4, 0.5) is 8.78 Å². The van der Waals surface area contributed by atoms with E-state index in [-0.39, 0.29) is 23.7 Å². The van der Waals surface area contributed by atoms with E-state index in [9.17, 15) is 13.6 Å².